The molecule has 8 aromatic carbocycles. The van der Waals surface area contributed by atoms with Gasteiger partial charge in [-0.1, -0.05) is 182 Å². The van der Waals surface area contributed by atoms with Gasteiger partial charge in [-0.2, -0.15) is 0 Å². The summed E-state index contributed by atoms with van der Waals surface area (Å²) in [5.74, 6) is 1.67. The van der Waals surface area contributed by atoms with Crippen molar-refractivity contribution in [2.75, 3.05) is 18.1 Å². The largest absolute Gasteiger partial charge is 0.485 e. The standard InChI is InChI=1S/C55H39NO2S/c1-5-17-38(18-6-1)45-25-14-16-28-50(45)56(43-31-29-40(30-32-43)54-52-51(57-35-36-58-52)53(59-54)39-19-7-2-8-20-39)44-33-34-47-46-26-13-15-27-48(46)55(49(47)37-44,41-21-9-3-10-22-41)42-23-11-4-12-24-42/h1-34,37H,35-36H2. The number of thiophene rings is 1. The van der Waals surface area contributed by atoms with Crippen LogP contribution in [0.25, 0.3) is 43.1 Å². The second-order valence-electron chi connectivity index (χ2n) is 15.0. The van der Waals surface area contributed by atoms with E-state index in [0.717, 1.165) is 60.6 Å². The summed E-state index contributed by atoms with van der Waals surface area (Å²) in [4.78, 5) is 4.60. The molecule has 282 valence electrons. The zero-order valence-corrected chi connectivity index (χ0v) is 33.1. The van der Waals surface area contributed by atoms with Crippen LogP contribution in [0, 0.1) is 0 Å². The van der Waals surface area contributed by atoms with Gasteiger partial charge in [0.15, 0.2) is 11.5 Å². The monoisotopic (exact) mass is 777 g/mol. The fourth-order valence-corrected chi connectivity index (χ4v) is 10.4. The molecule has 0 unspecified atom stereocenters. The lowest BCUT2D eigenvalue weighted by atomic mass is 9.67. The third-order valence-electron chi connectivity index (χ3n) is 11.8. The topological polar surface area (TPSA) is 21.7 Å². The number of ether oxygens (including phenoxy) is 2. The third kappa shape index (κ3) is 5.79. The molecule has 1 aromatic heterocycles. The lowest BCUT2D eigenvalue weighted by Gasteiger charge is -2.35. The van der Waals surface area contributed by atoms with Crippen molar-refractivity contribution in [3.05, 3.63) is 235 Å². The quantitative estimate of drug-likeness (QED) is 0.153. The van der Waals surface area contributed by atoms with E-state index in [1.807, 2.05) is 6.07 Å². The van der Waals surface area contributed by atoms with Gasteiger partial charge in [-0.25, -0.2) is 0 Å². The van der Waals surface area contributed by atoms with Crippen molar-refractivity contribution < 1.29 is 9.47 Å². The summed E-state index contributed by atoms with van der Waals surface area (Å²) in [7, 11) is 0. The molecule has 0 bridgehead atoms. The molecular weight excluding hydrogens is 739 g/mol. The van der Waals surface area contributed by atoms with Gasteiger partial charge in [0.2, 0.25) is 0 Å². The molecule has 0 fully saturated rings. The van der Waals surface area contributed by atoms with E-state index >= 15 is 0 Å². The molecule has 59 heavy (non-hydrogen) atoms. The Kier molecular flexibility index (Phi) is 8.71. The molecule has 1 aliphatic heterocycles. The Morgan fingerprint density at radius 2 is 0.864 bits per heavy atom. The highest BCUT2D eigenvalue weighted by atomic mass is 32.1. The Labute approximate surface area is 349 Å². The highest BCUT2D eigenvalue weighted by Crippen LogP contribution is 2.58. The van der Waals surface area contributed by atoms with Gasteiger partial charge in [0.1, 0.15) is 13.2 Å². The molecule has 0 spiro atoms. The maximum atomic E-state index is 6.33. The Morgan fingerprint density at radius 3 is 1.49 bits per heavy atom. The van der Waals surface area contributed by atoms with E-state index in [0.29, 0.717) is 13.2 Å². The van der Waals surface area contributed by atoms with Crippen LogP contribution in [0.1, 0.15) is 22.3 Å². The molecule has 0 atom stereocenters. The first kappa shape index (κ1) is 35.1. The van der Waals surface area contributed by atoms with Crippen molar-refractivity contribution in [1.82, 2.24) is 0 Å². The number of nitrogens with zero attached hydrogens (tertiary/aromatic N) is 1. The number of hydrogen-bond donors (Lipinski definition) is 0. The molecule has 11 rings (SSSR count). The SMILES string of the molecule is c1ccc(-c2ccccc2N(c2ccc(-c3sc(-c4ccccc4)c4c3OCCO4)cc2)c2ccc3c(c2)C(c2ccccc2)(c2ccccc2)c2ccccc2-3)cc1. The summed E-state index contributed by atoms with van der Waals surface area (Å²) in [6.07, 6.45) is 0. The highest BCUT2D eigenvalue weighted by Gasteiger charge is 2.46. The number of rotatable bonds is 8. The minimum atomic E-state index is -0.518. The molecule has 1 aliphatic carbocycles. The average Bonchev–Trinajstić information content (AvgIpc) is 3.85. The molecule has 0 radical (unpaired) electrons. The van der Waals surface area contributed by atoms with Crippen LogP contribution in [0.3, 0.4) is 0 Å². The van der Waals surface area contributed by atoms with Crippen LogP contribution in [0.15, 0.2) is 212 Å². The van der Waals surface area contributed by atoms with Gasteiger partial charge in [-0.3, -0.25) is 0 Å². The van der Waals surface area contributed by atoms with E-state index in [1.165, 1.54) is 33.4 Å². The van der Waals surface area contributed by atoms with Gasteiger partial charge in [0.05, 0.1) is 20.9 Å². The second-order valence-corrected chi connectivity index (χ2v) is 16.0. The van der Waals surface area contributed by atoms with Crippen LogP contribution in [-0.4, -0.2) is 13.2 Å². The third-order valence-corrected chi connectivity index (χ3v) is 13.0. The van der Waals surface area contributed by atoms with E-state index in [1.54, 1.807) is 11.3 Å². The smallest absolute Gasteiger partial charge is 0.180 e. The Bertz CT molecular complexity index is 2880. The van der Waals surface area contributed by atoms with Crippen LogP contribution in [0.5, 0.6) is 11.5 Å². The van der Waals surface area contributed by atoms with Gasteiger partial charge >= 0.3 is 0 Å². The average molecular weight is 778 g/mol. The number of benzene rings is 8. The summed E-state index contributed by atoms with van der Waals surface area (Å²) in [5, 5.41) is 0. The Balaban J connectivity index is 1.12. The normalized spacial score (nSPS) is 13.4. The van der Waals surface area contributed by atoms with E-state index < -0.39 is 5.41 Å². The molecule has 2 heterocycles. The van der Waals surface area contributed by atoms with Crippen molar-refractivity contribution in [3.8, 4) is 54.6 Å². The van der Waals surface area contributed by atoms with Gasteiger partial charge in [-0.05, 0) is 80.4 Å². The van der Waals surface area contributed by atoms with Gasteiger partial charge in [-0.15, -0.1) is 11.3 Å². The molecule has 0 saturated heterocycles. The predicted molar refractivity (Wildman–Crippen MR) is 244 cm³/mol. The lowest BCUT2D eigenvalue weighted by Crippen LogP contribution is -2.28. The first-order valence-corrected chi connectivity index (χ1v) is 21.0. The number of para-hydroxylation sites is 1. The highest BCUT2D eigenvalue weighted by molar-refractivity contribution is 7.19. The minimum Gasteiger partial charge on any atom is -0.485 e. The van der Waals surface area contributed by atoms with Gasteiger partial charge < -0.3 is 14.4 Å². The zero-order chi connectivity index (χ0) is 39.2. The molecule has 9 aromatic rings. The zero-order valence-electron chi connectivity index (χ0n) is 32.3. The van der Waals surface area contributed by atoms with Gasteiger partial charge in [0.25, 0.3) is 0 Å². The molecule has 4 heteroatoms. The lowest BCUT2D eigenvalue weighted by molar-refractivity contribution is 0.175. The molecule has 2 aliphatic rings. The summed E-state index contributed by atoms with van der Waals surface area (Å²) < 4.78 is 12.6. The fourth-order valence-electron chi connectivity index (χ4n) is 9.21. The first-order chi connectivity index (χ1) is 29.3. The fraction of sp³-hybridized carbons (Fsp3) is 0.0545. The minimum absolute atomic E-state index is 0.518. The van der Waals surface area contributed by atoms with Crippen LogP contribution in [0.4, 0.5) is 17.1 Å². The van der Waals surface area contributed by atoms with Crippen LogP contribution >= 0.6 is 11.3 Å². The van der Waals surface area contributed by atoms with E-state index in [-0.39, 0.29) is 0 Å². The van der Waals surface area contributed by atoms with E-state index in [4.69, 9.17) is 9.47 Å². The van der Waals surface area contributed by atoms with Crippen molar-refractivity contribution in [1.29, 1.82) is 0 Å². The first-order valence-electron chi connectivity index (χ1n) is 20.2. The van der Waals surface area contributed by atoms with E-state index in [2.05, 4.69) is 211 Å². The van der Waals surface area contributed by atoms with Gasteiger partial charge in [0, 0.05) is 16.9 Å². The Hall–Kier alpha value is -7.14. The van der Waals surface area contributed by atoms with Crippen LogP contribution in [0.2, 0.25) is 0 Å². The molecular formula is C55H39NO2S. The predicted octanol–water partition coefficient (Wildman–Crippen LogP) is 14.4. The molecule has 0 N–H and O–H groups in total. The van der Waals surface area contributed by atoms with Crippen molar-refractivity contribution in [3.63, 3.8) is 0 Å². The number of anilines is 3. The number of fused-ring (bicyclic) bond motifs is 4. The maximum absolute atomic E-state index is 6.33. The molecule has 3 nitrogen and oxygen atoms in total. The summed E-state index contributed by atoms with van der Waals surface area (Å²) in [6, 6.07) is 76.9. The van der Waals surface area contributed by atoms with Crippen molar-refractivity contribution in [2.45, 2.75) is 5.41 Å². The summed E-state index contributed by atoms with van der Waals surface area (Å²) in [6.45, 7) is 1.07. The Morgan fingerprint density at radius 1 is 0.390 bits per heavy atom. The van der Waals surface area contributed by atoms with Crippen LogP contribution in [-0.2, 0) is 5.41 Å². The van der Waals surface area contributed by atoms with Crippen molar-refractivity contribution >= 4 is 28.4 Å². The summed E-state index contributed by atoms with van der Waals surface area (Å²) in [5.41, 5.74) is 14.8. The molecule has 0 amide bonds. The maximum Gasteiger partial charge on any atom is 0.180 e. The second kappa shape index (κ2) is 14.7. The van der Waals surface area contributed by atoms with Crippen molar-refractivity contribution in [2.24, 2.45) is 0 Å². The number of hydrogen-bond acceptors (Lipinski definition) is 4. The summed E-state index contributed by atoms with van der Waals surface area (Å²) >= 11 is 1.73. The van der Waals surface area contributed by atoms with E-state index in [9.17, 15) is 0 Å². The molecule has 0 saturated carbocycles. The van der Waals surface area contributed by atoms with Crippen LogP contribution < -0.4 is 14.4 Å².